The van der Waals surface area contributed by atoms with Crippen molar-refractivity contribution >= 4 is 5.91 Å². The second kappa shape index (κ2) is 7.88. The molecule has 1 saturated carbocycles. The van der Waals surface area contributed by atoms with Crippen molar-refractivity contribution in [3.05, 3.63) is 0 Å². The monoisotopic (exact) mass is 266 g/mol. The summed E-state index contributed by atoms with van der Waals surface area (Å²) in [5.74, 6) is 1.78. The van der Waals surface area contributed by atoms with Crippen molar-refractivity contribution < 1.29 is 4.79 Å². The molecular weight excluding hydrogens is 236 g/mol. The van der Waals surface area contributed by atoms with Crippen molar-refractivity contribution in [1.82, 2.24) is 10.2 Å². The molecule has 0 bridgehead atoms. The first-order valence-corrected chi connectivity index (χ1v) is 8.27. The van der Waals surface area contributed by atoms with E-state index in [4.69, 9.17) is 0 Å². The lowest BCUT2D eigenvalue weighted by Crippen LogP contribution is -2.43. The summed E-state index contributed by atoms with van der Waals surface area (Å²) in [5, 5.41) is 3.15. The van der Waals surface area contributed by atoms with Crippen LogP contribution >= 0.6 is 0 Å². The largest absolute Gasteiger partial charge is 0.355 e. The van der Waals surface area contributed by atoms with E-state index in [-0.39, 0.29) is 5.91 Å². The van der Waals surface area contributed by atoms with Crippen LogP contribution in [0, 0.1) is 11.8 Å². The number of hydrogen-bond donors (Lipinski definition) is 1. The van der Waals surface area contributed by atoms with E-state index >= 15 is 0 Å². The Bertz CT molecular complexity index is 274. The molecule has 1 amide bonds. The summed E-state index contributed by atoms with van der Waals surface area (Å²) in [6, 6.07) is 0. The van der Waals surface area contributed by atoms with Gasteiger partial charge in [0.25, 0.3) is 0 Å². The smallest absolute Gasteiger partial charge is 0.234 e. The highest BCUT2D eigenvalue weighted by molar-refractivity contribution is 5.78. The standard InChI is InChI=1S/C16H30N2O/c1-2-14-9-6-10-18(12-14)13-16(19)17-11-15-7-4-3-5-8-15/h14-15H,2-13H2,1H3,(H,17,19). The highest BCUT2D eigenvalue weighted by atomic mass is 16.2. The summed E-state index contributed by atoms with van der Waals surface area (Å²) >= 11 is 0. The van der Waals surface area contributed by atoms with E-state index in [0.717, 1.165) is 31.5 Å². The minimum Gasteiger partial charge on any atom is -0.355 e. The molecule has 1 heterocycles. The van der Waals surface area contributed by atoms with E-state index in [1.807, 2.05) is 0 Å². The van der Waals surface area contributed by atoms with E-state index in [9.17, 15) is 4.79 Å². The third-order valence-corrected chi connectivity index (χ3v) is 4.86. The Labute approximate surface area is 118 Å². The number of likely N-dealkylation sites (tertiary alicyclic amines) is 1. The fraction of sp³-hybridized carbons (Fsp3) is 0.938. The summed E-state index contributed by atoms with van der Waals surface area (Å²) in [5.41, 5.74) is 0. The second-order valence-electron chi connectivity index (χ2n) is 6.46. The molecule has 0 aromatic rings. The zero-order valence-corrected chi connectivity index (χ0v) is 12.5. The molecule has 1 atom stereocenters. The molecule has 0 radical (unpaired) electrons. The van der Waals surface area contributed by atoms with Crippen molar-refractivity contribution in [3.63, 3.8) is 0 Å². The molecule has 19 heavy (non-hydrogen) atoms. The first kappa shape index (κ1) is 14.8. The van der Waals surface area contributed by atoms with Gasteiger partial charge in [-0.2, -0.15) is 0 Å². The van der Waals surface area contributed by atoms with Crippen LogP contribution in [0.1, 0.15) is 58.3 Å². The van der Waals surface area contributed by atoms with Crippen LogP contribution in [0.25, 0.3) is 0 Å². The SMILES string of the molecule is CCC1CCCN(CC(=O)NCC2CCCCC2)C1. The number of carbonyl (C=O) groups is 1. The first-order valence-electron chi connectivity index (χ1n) is 8.27. The van der Waals surface area contributed by atoms with Crippen LogP contribution < -0.4 is 5.32 Å². The number of piperidine rings is 1. The molecular formula is C16H30N2O. The quantitative estimate of drug-likeness (QED) is 0.830. The zero-order valence-electron chi connectivity index (χ0n) is 12.5. The van der Waals surface area contributed by atoms with Gasteiger partial charge in [0.15, 0.2) is 0 Å². The number of hydrogen-bond acceptors (Lipinski definition) is 2. The fourth-order valence-electron chi connectivity index (χ4n) is 3.54. The average Bonchev–Trinajstić information content (AvgIpc) is 2.46. The van der Waals surface area contributed by atoms with Crippen LogP contribution in [-0.4, -0.2) is 37.0 Å². The van der Waals surface area contributed by atoms with Gasteiger partial charge in [0, 0.05) is 13.1 Å². The number of nitrogens with zero attached hydrogens (tertiary/aromatic N) is 1. The van der Waals surface area contributed by atoms with Crippen molar-refractivity contribution in [2.24, 2.45) is 11.8 Å². The molecule has 1 N–H and O–H groups in total. The summed E-state index contributed by atoms with van der Waals surface area (Å²) in [6.45, 7) is 6.01. The van der Waals surface area contributed by atoms with Crippen LogP contribution in [0.5, 0.6) is 0 Å². The van der Waals surface area contributed by atoms with Crippen LogP contribution in [-0.2, 0) is 4.79 Å². The summed E-state index contributed by atoms with van der Waals surface area (Å²) < 4.78 is 0. The molecule has 3 nitrogen and oxygen atoms in total. The molecule has 0 aromatic heterocycles. The third-order valence-electron chi connectivity index (χ3n) is 4.86. The van der Waals surface area contributed by atoms with Gasteiger partial charge in [0.05, 0.1) is 6.54 Å². The second-order valence-corrected chi connectivity index (χ2v) is 6.46. The molecule has 2 rings (SSSR count). The molecule has 3 heteroatoms. The Morgan fingerprint density at radius 1 is 1.11 bits per heavy atom. The normalized spacial score (nSPS) is 26.3. The lowest BCUT2D eigenvalue weighted by molar-refractivity contribution is -0.122. The van der Waals surface area contributed by atoms with Gasteiger partial charge in [0.1, 0.15) is 0 Å². The Balaban J connectivity index is 1.63. The van der Waals surface area contributed by atoms with Crippen molar-refractivity contribution in [3.8, 4) is 0 Å². The van der Waals surface area contributed by atoms with Gasteiger partial charge in [-0.1, -0.05) is 32.6 Å². The summed E-state index contributed by atoms with van der Waals surface area (Å²) in [6.07, 6.45) is 10.6. The maximum atomic E-state index is 12.0. The van der Waals surface area contributed by atoms with Crippen LogP contribution in [0.3, 0.4) is 0 Å². The maximum Gasteiger partial charge on any atom is 0.234 e. The fourth-order valence-corrected chi connectivity index (χ4v) is 3.54. The minimum absolute atomic E-state index is 0.238. The third kappa shape index (κ3) is 5.13. The predicted octanol–water partition coefficient (Wildman–Crippen LogP) is 2.80. The maximum absolute atomic E-state index is 12.0. The molecule has 0 aromatic carbocycles. The van der Waals surface area contributed by atoms with Gasteiger partial charge < -0.3 is 5.32 Å². The van der Waals surface area contributed by atoms with E-state index in [0.29, 0.717) is 6.54 Å². The molecule has 1 aliphatic carbocycles. The Morgan fingerprint density at radius 2 is 1.84 bits per heavy atom. The topological polar surface area (TPSA) is 32.3 Å². The van der Waals surface area contributed by atoms with E-state index in [2.05, 4.69) is 17.1 Å². The Morgan fingerprint density at radius 3 is 2.58 bits per heavy atom. The van der Waals surface area contributed by atoms with Crippen LogP contribution in [0.15, 0.2) is 0 Å². The van der Waals surface area contributed by atoms with Gasteiger partial charge in [0.2, 0.25) is 5.91 Å². The van der Waals surface area contributed by atoms with Gasteiger partial charge in [-0.25, -0.2) is 0 Å². The number of nitrogens with one attached hydrogen (secondary N) is 1. The van der Waals surface area contributed by atoms with Crippen LogP contribution in [0.2, 0.25) is 0 Å². The zero-order chi connectivity index (χ0) is 13.5. The average molecular weight is 266 g/mol. The summed E-state index contributed by atoms with van der Waals surface area (Å²) in [7, 11) is 0. The highest BCUT2D eigenvalue weighted by Gasteiger charge is 2.21. The van der Waals surface area contributed by atoms with Gasteiger partial charge in [-0.3, -0.25) is 9.69 Å². The van der Waals surface area contributed by atoms with Gasteiger partial charge >= 0.3 is 0 Å². The van der Waals surface area contributed by atoms with E-state index in [1.54, 1.807) is 0 Å². The first-order chi connectivity index (χ1) is 9.28. The molecule has 2 fully saturated rings. The van der Waals surface area contributed by atoms with Gasteiger partial charge in [-0.15, -0.1) is 0 Å². The number of amides is 1. The number of rotatable bonds is 5. The molecule has 1 aliphatic heterocycles. The van der Waals surface area contributed by atoms with Gasteiger partial charge in [-0.05, 0) is 44.1 Å². The Hall–Kier alpha value is -0.570. The minimum atomic E-state index is 0.238. The van der Waals surface area contributed by atoms with E-state index < -0.39 is 0 Å². The Kier molecular flexibility index (Phi) is 6.15. The lowest BCUT2D eigenvalue weighted by atomic mass is 9.89. The van der Waals surface area contributed by atoms with E-state index in [1.165, 1.54) is 51.4 Å². The van der Waals surface area contributed by atoms with Crippen molar-refractivity contribution in [2.75, 3.05) is 26.2 Å². The lowest BCUT2D eigenvalue weighted by Gasteiger charge is -2.31. The van der Waals surface area contributed by atoms with Crippen molar-refractivity contribution in [2.45, 2.75) is 58.3 Å². The highest BCUT2D eigenvalue weighted by Crippen LogP contribution is 2.22. The molecule has 1 unspecified atom stereocenters. The summed E-state index contributed by atoms with van der Waals surface area (Å²) in [4.78, 5) is 14.3. The van der Waals surface area contributed by atoms with Crippen molar-refractivity contribution in [1.29, 1.82) is 0 Å². The predicted molar refractivity (Wildman–Crippen MR) is 79.0 cm³/mol. The molecule has 110 valence electrons. The number of carbonyl (C=O) groups excluding carboxylic acids is 1. The molecule has 0 spiro atoms. The van der Waals surface area contributed by atoms with Crippen LogP contribution in [0.4, 0.5) is 0 Å². The molecule has 1 saturated heterocycles. The molecule has 2 aliphatic rings.